The lowest BCUT2D eigenvalue weighted by Gasteiger charge is -2.18. The first-order valence-corrected chi connectivity index (χ1v) is 8.72. The fourth-order valence-corrected chi connectivity index (χ4v) is 3.05. The molecule has 0 fully saturated rings. The van der Waals surface area contributed by atoms with Gasteiger partial charge < -0.3 is 5.32 Å². The van der Waals surface area contributed by atoms with E-state index in [1.165, 1.54) is 0 Å². The van der Waals surface area contributed by atoms with Crippen molar-refractivity contribution in [3.05, 3.63) is 106 Å². The molecule has 126 valence electrons. The molecular weight excluding hydrogens is 353 g/mol. The van der Waals surface area contributed by atoms with Crippen LogP contribution < -0.4 is 5.32 Å². The molecule has 25 heavy (non-hydrogen) atoms. The first kappa shape index (κ1) is 17.5. The fraction of sp³-hybridized carbons (Fsp3) is 0.0952. The Hall–Kier alpha value is -2.29. The van der Waals surface area contributed by atoms with Crippen LogP contribution in [0.3, 0.4) is 0 Å². The molecule has 2 nitrogen and oxygen atoms in total. The summed E-state index contributed by atoms with van der Waals surface area (Å²) in [6, 6.07) is 24.9. The molecule has 4 heteroatoms. The van der Waals surface area contributed by atoms with E-state index in [-0.39, 0.29) is 11.8 Å². The van der Waals surface area contributed by atoms with Crippen molar-refractivity contribution < 1.29 is 4.79 Å². The molecule has 0 heterocycles. The van der Waals surface area contributed by atoms with Crippen LogP contribution in [0.1, 0.15) is 22.6 Å². The van der Waals surface area contributed by atoms with E-state index in [0.29, 0.717) is 16.6 Å². The van der Waals surface area contributed by atoms with Gasteiger partial charge in [-0.3, -0.25) is 4.79 Å². The van der Waals surface area contributed by atoms with E-state index in [2.05, 4.69) is 5.32 Å². The summed E-state index contributed by atoms with van der Waals surface area (Å²) in [4.78, 5) is 12.9. The monoisotopic (exact) mass is 369 g/mol. The zero-order valence-corrected chi connectivity index (χ0v) is 15.0. The second-order valence-corrected chi connectivity index (χ2v) is 6.54. The van der Waals surface area contributed by atoms with Gasteiger partial charge in [-0.05, 0) is 28.8 Å². The van der Waals surface area contributed by atoms with Gasteiger partial charge >= 0.3 is 0 Å². The third kappa shape index (κ3) is 4.41. The normalized spacial score (nSPS) is 10.7. The number of nitrogens with one attached hydrogen (secondary N) is 1. The number of amides is 1. The molecule has 0 aliphatic rings. The Morgan fingerprint density at radius 2 is 1.36 bits per heavy atom. The zero-order chi connectivity index (χ0) is 17.6. The molecule has 0 atom stereocenters. The SMILES string of the molecule is O=C(NCc1ccc(Cl)c(Cl)c1)C(c1ccccc1)c1ccccc1. The average Bonchev–Trinajstić information content (AvgIpc) is 2.65. The summed E-state index contributed by atoms with van der Waals surface area (Å²) in [6.07, 6.45) is 0. The number of carbonyl (C=O) groups excluding carboxylic acids is 1. The number of rotatable bonds is 5. The van der Waals surface area contributed by atoms with Crippen molar-refractivity contribution in [2.45, 2.75) is 12.5 Å². The van der Waals surface area contributed by atoms with Crippen LogP contribution >= 0.6 is 23.2 Å². The van der Waals surface area contributed by atoms with Crippen LogP contribution in [0.4, 0.5) is 0 Å². The minimum Gasteiger partial charge on any atom is -0.351 e. The minimum atomic E-state index is -0.356. The Balaban J connectivity index is 1.81. The lowest BCUT2D eigenvalue weighted by Crippen LogP contribution is -2.29. The molecule has 1 amide bonds. The van der Waals surface area contributed by atoms with E-state index >= 15 is 0 Å². The van der Waals surface area contributed by atoms with E-state index in [9.17, 15) is 4.79 Å². The van der Waals surface area contributed by atoms with Crippen LogP contribution in [0.2, 0.25) is 10.0 Å². The Labute approximate surface area is 157 Å². The van der Waals surface area contributed by atoms with Crippen molar-refractivity contribution in [2.75, 3.05) is 0 Å². The largest absolute Gasteiger partial charge is 0.351 e. The van der Waals surface area contributed by atoms with Crippen molar-refractivity contribution in [3.63, 3.8) is 0 Å². The highest BCUT2D eigenvalue weighted by molar-refractivity contribution is 6.42. The molecule has 3 rings (SSSR count). The quantitative estimate of drug-likeness (QED) is 0.637. The topological polar surface area (TPSA) is 29.1 Å². The molecular formula is C21H17Cl2NO. The van der Waals surface area contributed by atoms with E-state index in [4.69, 9.17) is 23.2 Å². The van der Waals surface area contributed by atoms with Crippen LogP contribution in [-0.4, -0.2) is 5.91 Å². The number of benzene rings is 3. The van der Waals surface area contributed by atoms with Gasteiger partial charge in [-0.2, -0.15) is 0 Å². The molecule has 0 saturated heterocycles. The zero-order valence-electron chi connectivity index (χ0n) is 13.5. The molecule has 0 aromatic heterocycles. The molecule has 0 spiro atoms. The number of hydrogen-bond acceptors (Lipinski definition) is 1. The Bertz CT molecular complexity index is 811. The third-order valence-corrected chi connectivity index (χ3v) is 4.72. The lowest BCUT2D eigenvalue weighted by atomic mass is 9.90. The summed E-state index contributed by atoms with van der Waals surface area (Å²) in [5.41, 5.74) is 2.82. The van der Waals surface area contributed by atoms with Gasteiger partial charge in [-0.25, -0.2) is 0 Å². The molecule has 3 aromatic carbocycles. The first-order chi connectivity index (χ1) is 12.1. The molecule has 0 unspecified atom stereocenters. The second kappa shape index (κ2) is 8.19. The van der Waals surface area contributed by atoms with Crippen molar-refractivity contribution in [3.8, 4) is 0 Å². The minimum absolute atomic E-state index is 0.0523. The summed E-state index contributed by atoms with van der Waals surface area (Å²) in [5, 5.41) is 3.99. The molecule has 0 saturated carbocycles. The Morgan fingerprint density at radius 1 is 0.800 bits per heavy atom. The summed E-state index contributed by atoms with van der Waals surface area (Å²) in [6.45, 7) is 0.395. The summed E-state index contributed by atoms with van der Waals surface area (Å²) < 4.78 is 0. The summed E-state index contributed by atoms with van der Waals surface area (Å²) in [7, 11) is 0. The van der Waals surface area contributed by atoms with Crippen molar-refractivity contribution in [2.24, 2.45) is 0 Å². The Morgan fingerprint density at radius 3 is 1.88 bits per heavy atom. The van der Waals surface area contributed by atoms with E-state index in [0.717, 1.165) is 16.7 Å². The Kier molecular flexibility index (Phi) is 5.75. The lowest BCUT2D eigenvalue weighted by molar-refractivity contribution is -0.121. The average molecular weight is 370 g/mol. The molecule has 1 N–H and O–H groups in total. The van der Waals surface area contributed by atoms with Crippen molar-refractivity contribution in [1.82, 2.24) is 5.32 Å². The van der Waals surface area contributed by atoms with Crippen LogP contribution in [0.25, 0.3) is 0 Å². The van der Waals surface area contributed by atoms with E-state index in [1.807, 2.05) is 66.7 Å². The molecule has 0 radical (unpaired) electrons. The highest BCUT2D eigenvalue weighted by atomic mass is 35.5. The fourth-order valence-electron chi connectivity index (χ4n) is 2.73. The molecule has 0 bridgehead atoms. The maximum absolute atomic E-state index is 12.9. The molecule has 0 aliphatic carbocycles. The number of carbonyl (C=O) groups is 1. The van der Waals surface area contributed by atoms with Crippen molar-refractivity contribution in [1.29, 1.82) is 0 Å². The predicted molar refractivity (Wildman–Crippen MR) is 103 cm³/mol. The van der Waals surface area contributed by atoms with Gasteiger partial charge in [0.1, 0.15) is 0 Å². The van der Waals surface area contributed by atoms with Gasteiger partial charge in [-0.15, -0.1) is 0 Å². The van der Waals surface area contributed by atoms with Crippen LogP contribution in [0.5, 0.6) is 0 Å². The summed E-state index contributed by atoms with van der Waals surface area (Å²) in [5.74, 6) is -0.409. The highest BCUT2D eigenvalue weighted by Crippen LogP contribution is 2.25. The van der Waals surface area contributed by atoms with Crippen LogP contribution in [-0.2, 0) is 11.3 Å². The van der Waals surface area contributed by atoms with Gasteiger partial charge in [0.2, 0.25) is 5.91 Å². The van der Waals surface area contributed by atoms with Crippen LogP contribution in [0.15, 0.2) is 78.9 Å². The van der Waals surface area contributed by atoms with Gasteiger partial charge in [0, 0.05) is 6.54 Å². The second-order valence-electron chi connectivity index (χ2n) is 5.72. The smallest absolute Gasteiger partial charge is 0.232 e. The standard InChI is InChI=1S/C21H17Cl2NO/c22-18-12-11-15(13-19(18)23)14-24-21(25)20(16-7-3-1-4-8-16)17-9-5-2-6-10-17/h1-13,20H,14H2,(H,24,25). The third-order valence-electron chi connectivity index (χ3n) is 3.98. The summed E-state index contributed by atoms with van der Waals surface area (Å²) >= 11 is 12.0. The molecule has 3 aromatic rings. The number of hydrogen-bond donors (Lipinski definition) is 1. The van der Waals surface area contributed by atoms with Gasteiger partial charge in [0.05, 0.1) is 16.0 Å². The van der Waals surface area contributed by atoms with Gasteiger partial charge in [0.25, 0.3) is 0 Å². The maximum atomic E-state index is 12.9. The first-order valence-electron chi connectivity index (χ1n) is 7.96. The van der Waals surface area contributed by atoms with E-state index in [1.54, 1.807) is 12.1 Å². The van der Waals surface area contributed by atoms with Gasteiger partial charge in [-0.1, -0.05) is 89.9 Å². The van der Waals surface area contributed by atoms with Crippen LogP contribution in [0, 0.1) is 0 Å². The maximum Gasteiger partial charge on any atom is 0.232 e. The van der Waals surface area contributed by atoms with Gasteiger partial charge in [0.15, 0.2) is 0 Å². The number of halogens is 2. The highest BCUT2D eigenvalue weighted by Gasteiger charge is 2.22. The molecule has 0 aliphatic heterocycles. The predicted octanol–water partition coefficient (Wildman–Crippen LogP) is 5.44. The van der Waals surface area contributed by atoms with Crippen molar-refractivity contribution >= 4 is 29.1 Å². The van der Waals surface area contributed by atoms with E-state index < -0.39 is 0 Å².